The van der Waals surface area contributed by atoms with Gasteiger partial charge in [-0.1, -0.05) is 28.1 Å². The Morgan fingerprint density at radius 1 is 1.43 bits per heavy atom. The van der Waals surface area contributed by atoms with E-state index in [0.717, 1.165) is 17.3 Å². The molecule has 1 atom stereocenters. The van der Waals surface area contributed by atoms with Crippen LogP contribution in [0.3, 0.4) is 0 Å². The molecule has 0 spiro atoms. The molecule has 1 rings (SSSR count). The Morgan fingerprint density at radius 2 is 1.93 bits per heavy atom. The lowest BCUT2D eigenvalue weighted by Gasteiger charge is -2.33. The van der Waals surface area contributed by atoms with Gasteiger partial charge in [0, 0.05) is 11.2 Å². The minimum atomic E-state index is -0.420. The maximum Gasteiger partial charge on any atom is 0.0653 e. The third-order valence-electron chi connectivity index (χ3n) is 3.49. The van der Waals surface area contributed by atoms with E-state index in [2.05, 4.69) is 22.5 Å². The number of hydroxylamine groups is 2. The van der Waals surface area contributed by atoms with Gasteiger partial charge in [-0.15, -0.1) is 10.3 Å². The zero-order valence-corrected chi connectivity index (χ0v) is 11.0. The topological polar surface area (TPSA) is 23.1 Å². The molecule has 1 fully saturated rings. The molecule has 14 heavy (non-hydrogen) atoms. The van der Waals surface area contributed by atoms with E-state index in [9.17, 15) is 5.21 Å². The number of halogens is 1. The van der Waals surface area contributed by atoms with Crippen molar-refractivity contribution in [2.75, 3.05) is 5.33 Å². The van der Waals surface area contributed by atoms with Crippen LogP contribution < -0.4 is 0 Å². The molecule has 0 N–H and O–H groups in total. The van der Waals surface area contributed by atoms with Gasteiger partial charge in [-0.2, -0.15) is 0 Å². The maximum atomic E-state index is 12.1. The van der Waals surface area contributed by atoms with Gasteiger partial charge in [0.2, 0.25) is 0 Å². The summed E-state index contributed by atoms with van der Waals surface area (Å²) >= 11 is 3.43. The Balaban J connectivity index is 3.04. The minimum absolute atomic E-state index is 0.286. The van der Waals surface area contributed by atoms with Crippen LogP contribution in [0.2, 0.25) is 0 Å². The number of nitrogens with zero attached hydrogens (tertiary/aromatic N) is 1. The molecule has 1 radical (unpaired) electrons. The largest absolute Gasteiger partial charge is 0.139 e. The normalized spacial score (nSPS) is 31.0. The Morgan fingerprint density at radius 3 is 2.21 bits per heavy atom. The van der Waals surface area contributed by atoms with Crippen molar-refractivity contribution < 1.29 is 5.21 Å². The van der Waals surface area contributed by atoms with Crippen LogP contribution in [0.5, 0.6) is 0 Å². The predicted molar refractivity (Wildman–Crippen MR) is 61.7 cm³/mol. The van der Waals surface area contributed by atoms with Gasteiger partial charge < -0.3 is 0 Å². The van der Waals surface area contributed by atoms with Gasteiger partial charge in [-0.3, -0.25) is 0 Å². The number of hydrogen-bond acceptors (Lipinski definition) is 1. The van der Waals surface area contributed by atoms with Crippen molar-refractivity contribution >= 4 is 15.9 Å². The number of alkyl halides is 1. The van der Waals surface area contributed by atoms with Crippen molar-refractivity contribution in [3.05, 3.63) is 12.2 Å². The van der Waals surface area contributed by atoms with Crippen molar-refractivity contribution in [2.24, 2.45) is 5.92 Å². The van der Waals surface area contributed by atoms with Crippen LogP contribution in [0.4, 0.5) is 0 Å². The van der Waals surface area contributed by atoms with Crippen LogP contribution >= 0.6 is 15.9 Å². The van der Waals surface area contributed by atoms with Crippen LogP contribution in [-0.2, 0) is 5.21 Å². The van der Waals surface area contributed by atoms with Crippen molar-refractivity contribution in [3.63, 3.8) is 0 Å². The van der Waals surface area contributed by atoms with Crippen LogP contribution in [0.1, 0.15) is 34.1 Å². The summed E-state index contributed by atoms with van der Waals surface area (Å²) in [5.41, 5.74) is 0.321. The summed E-state index contributed by atoms with van der Waals surface area (Å²) in [7, 11) is 0. The molecular weight excluding hydrogens is 242 g/mol. The van der Waals surface area contributed by atoms with E-state index in [0.29, 0.717) is 0 Å². The maximum absolute atomic E-state index is 12.1. The summed E-state index contributed by atoms with van der Waals surface area (Å²) < 4.78 is 0. The molecule has 1 aliphatic rings. The number of hydrogen-bond donors (Lipinski definition) is 0. The Kier molecular flexibility index (Phi) is 3.15. The Hall–Kier alpha value is 0.140. The molecule has 1 aliphatic heterocycles. The van der Waals surface area contributed by atoms with E-state index in [1.54, 1.807) is 0 Å². The smallest absolute Gasteiger partial charge is 0.0653 e. The first kappa shape index (κ1) is 12.2. The highest BCUT2D eigenvalue weighted by atomic mass is 79.9. The molecule has 0 aromatic carbocycles. The highest BCUT2D eigenvalue weighted by Crippen LogP contribution is 2.48. The van der Waals surface area contributed by atoms with E-state index >= 15 is 0 Å². The van der Waals surface area contributed by atoms with Gasteiger partial charge in [0.05, 0.1) is 11.1 Å². The molecule has 0 aromatic rings. The van der Waals surface area contributed by atoms with Crippen molar-refractivity contribution in [1.82, 2.24) is 5.06 Å². The molecule has 2 nitrogen and oxygen atoms in total. The summed E-state index contributed by atoms with van der Waals surface area (Å²) in [4.78, 5) is 0. The van der Waals surface area contributed by atoms with Crippen molar-refractivity contribution in [1.29, 1.82) is 0 Å². The highest BCUT2D eigenvalue weighted by molar-refractivity contribution is 9.09. The second-order valence-corrected chi connectivity index (χ2v) is 5.86. The SMILES string of the molecule is C=C1C(CCBr)C(C)(C)N([O])C1(C)C. The first-order chi connectivity index (χ1) is 6.26. The highest BCUT2D eigenvalue weighted by Gasteiger charge is 2.54. The molecule has 0 bridgehead atoms. The molecule has 1 unspecified atom stereocenters. The van der Waals surface area contributed by atoms with E-state index in [1.165, 1.54) is 5.06 Å². The van der Waals surface area contributed by atoms with Gasteiger partial charge >= 0.3 is 0 Å². The fraction of sp³-hybridized carbons (Fsp3) is 0.818. The average Bonchev–Trinajstić information content (AvgIpc) is 2.19. The van der Waals surface area contributed by atoms with E-state index in [4.69, 9.17) is 0 Å². The second-order valence-electron chi connectivity index (χ2n) is 5.06. The summed E-state index contributed by atoms with van der Waals surface area (Å²) in [6.07, 6.45) is 0.980. The molecule has 0 aromatic heterocycles. The Labute approximate surface area is 95.1 Å². The summed E-state index contributed by atoms with van der Waals surface area (Å²) in [6.45, 7) is 12.0. The number of rotatable bonds is 2. The van der Waals surface area contributed by atoms with Crippen LogP contribution in [0.15, 0.2) is 12.2 Å². The van der Waals surface area contributed by atoms with E-state index in [1.807, 2.05) is 27.7 Å². The van der Waals surface area contributed by atoms with Gasteiger partial charge in [0.25, 0.3) is 0 Å². The minimum Gasteiger partial charge on any atom is -0.139 e. The molecule has 0 amide bonds. The van der Waals surface area contributed by atoms with Crippen LogP contribution in [-0.4, -0.2) is 21.5 Å². The molecule has 1 heterocycles. The van der Waals surface area contributed by atoms with E-state index in [-0.39, 0.29) is 11.5 Å². The average molecular weight is 261 g/mol. The Bertz CT molecular complexity index is 248. The predicted octanol–water partition coefficient (Wildman–Crippen LogP) is 3.16. The molecule has 81 valence electrons. The van der Waals surface area contributed by atoms with Gasteiger partial charge in [-0.25, -0.2) is 0 Å². The third-order valence-corrected chi connectivity index (χ3v) is 3.95. The van der Waals surface area contributed by atoms with E-state index < -0.39 is 5.54 Å². The third kappa shape index (κ3) is 1.55. The molecular formula is C11H19BrNO. The lowest BCUT2D eigenvalue weighted by molar-refractivity contribution is -0.245. The summed E-state index contributed by atoms with van der Waals surface area (Å²) in [5.74, 6) is 0.286. The zero-order chi connectivity index (χ0) is 11.1. The molecule has 0 aliphatic carbocycles. The van der Waals surface area contributed by atoms with Gasteiger partial charge in [0.15, 0.2) is 0 Å². The lowest BCUT2D eigenvalue weighted by Crippen LogP contribution is -2.46. The fourth-order valence-electron chi connectivity index (χ4n) is 2.48. The van der Waals surface area contributed by atoms with Crippen LogP contribution in [0, 0.1) is 5.92 Å². The van der Waals surface area contributed by atoms with Crippen LogP contribution in [0.25, 0.3) is 0 Å². The van der Waals surface area contributed by atoms with Crippen molar-refractivity contribution in [2.45, 2.75) is 45.2 Å². The fourth-order valence-corrected chi connectivity index (χ4v) is 2.94. The quantitative estimate of drug-likeness (QED) is 0.553. The monoisotopic (exact) mass is 260 g/mol. The molecule has 1 saturated heterocycles. The molecule has 3 heteroatoms. The first-order valence-electron chi connectivity index (χ1n) is 4.99. The summed E-state index contributed by atoms with van der Waals surface area (Å²) in [5, 5.41) is 14.2. The van der Waals surface area contributed by atoms with Gasteiger partial charge in [0.1, 0.15) is 0 Å². The first-order valence-corrected chi connectivity index (χ1v) is 6.11. The second kappa shape index (κ2) is 3.62. The van der Waals surface area contributed by atoms with Crippen molar-refractivity contribution in [3.8, 4) is 0 Å². The molecule has 0 saturated carbocycles. The standard InChI is InChI=1S/C11H19BrNO/c1-8-9(6-7-12)11(4,5)13(14)10(8,2)3/h9H,1,6-7H2,2-5H3. The lowest BCUT2D eigenvalue weighted by atomic mass is 9.81. The van der Waals surface area contributed by atoms with Gasteiger partial charge in [-0.05, 0) is 34.1 Å². The summed E-state index contributed by atoms with van der Waals surface area (Å²) in [6, 6.07) is 0. The zero-order valence-electron chi connectivity index (χ0n) is 9.43.